The van der Waals surface area contributed by atoms with Crippen molar-refractivity contribution in [3.63, 3.8) is 0 Å². The molecule has 0 rings (SSSR count). The minimum Gasteiger partial charge on any atom is -0.462 e. The van der Waals surface area contributed by atoms with Crippen molar-refractivity contribution in [1.29, 1.82) is 0 Å². The Morgan fingerprint density at radius 3 is 0.894 bits per heavy atom. The summed E-state index contributed by atoms with van der Waals surface area (Å²) in [5, 5.41) is 10.6. The van der Waals surface area contributed by atoms with Gasteiger partial charge in [-0.3, -0.25) is 37.3 Å². The second kappa shape index (κ2) is 76.1. The molecule has 3 N–H and O–H groups in total. The van der Waals surface area contributed by atoms with E-state index in [9.17, 15) is 43.2 Å². The zero-order chi connectivity index (χ0) is 76.0. The van der Waals surface area contributed by atoms with Gasteiger partial charge in [-0.25, -0.2) is 9.13 Å². The lowest BCUT2D eigenvalue weighted by Crippen LogP contribution is -2.30. The molecule has 0 aromatic heterocycles. The summed E-state index contributed by atoms with van der Waals surface area (Å²) >= 11 is 0. The molecule has 0 amide bonds. The van der Waals surface area contributed by atoms with Gasteiger partial charge in [0.2, 0.25) is 0 Å². The summed E-state index contributed by atoms with van der Waals surface area (Å²) < 4.78 is 68.4. The third kappa shape index (κ3) is 75.2. The fraction of sp³-hybridized carbons (Fsp3) is 0.671. The molecule has 0 spiro atoms. The van der Waals surface area contributed by atoms with Gasteiger partial charge >= 0.3 is 39.5 Å². The number of carbonyl (C=O) groups is 4. The second-order valence-corrected chi connectivity index (χ2v) is 29.2. The number of hydrogen-bond acceptors (Lipinski definition) is 15. The van der Waals surface area contributed by atoms with Crippen LogP contribution in [0.2, 0.25) is 0 Å². The van der Waals surface area contributed by atoms with E-state index in [2.05, 4.69) is 149 Å². The van der Waals surface area contributed by atoms with Gasteiger partial charge in [0.25, 0.3) is 0 Å². The standard InChI is InChI=1S/C85H142O17P2/c1-5-9-13-17-21-25-29-33-37-38-39-40-44-46-50-54-58-62-66-70-83(88)96-76-81(102-85(90)72-68-64-60-56-52-48-43-36-32-28-24-20-16-12-8-4)78-100-104(93,94)98-74-79(86)73-97-103(91,92)99-77-80(101-84(89)71-67-63-59-55-51-47-42-35-31-27-23-19-15-11-7-3)75-95-82(87)69-65-61-57-53-49-45-41-34-30-26-22-18-14-10-6-2/h10,12,14,16,21-22,24-26,28,33-34,36-37,39-41,43,49,52-53,56,61,65,79-81,86H,5-9,11,13,15,17-20,23,27,29-32,35,38,42,44-48,50-51,54-55,57-60,62-64,66-78H2,1-4H3,(H,91,92)(H,93,94)/b14-10-,16-12-,25-21-,26-22-,28-24-,37-33-,40-39-,41-34-,43-36-,53-49-,56-52-,65-61-. The maximum Gasteiger partial charge on any atom is 0.472 e. The Kier molecular flexibility index (Phi) is 72.4. The number of carbonyl (C=O) groups excluding carboxylic acids is 4. The van der Waals surface area contributed by atoms with Gasteiger partial charge in [0.05, 0.1) is 32.8 Å². The minimum atomic E-state index is -5.00. The molecular weight excluding hydrogens is 1350 g/mol. The zero-order valence-electron chi connectivity index (χ0n) is 64.9. The second-order valence-electron chi connectivity index (χ2n) is 26.3. The van der Waals surface area contributed by atoms with Crippen LogP contribution in [-0.4, -0.2) is 96.7 Å². The van der Waals surface area contributed by atoms with Crippen LogP contribution in [0, 0.1) is 0 Å². The van der Waals surface area contributed by atoms with E-state index in [0.717, 1.165) is 141 Å². The summed E-state index contributed by atoms with van der Waals surface area (Å²) in [5.74, 6) is -2.38. The Morgan fingerprint density at radius 1 is 0.288 bits per heavy atom. The minimum absolute atomic E-state index is 0.0339. The Bertz CT molecular complexity index is 2540. The Morgan fingerprint density at radius 2 is 0.538 bits per heavy atom. The lowest BCUT2D eigenvalue weighted by Gasteiger charge is -2.21. The van der Waals surface area contributed by atoms with Crippen molar-refractivity contribution in [2.75, 3.05) is 39.6 Å². The predicted octanol–water partition coefficient (Wildman–Crippen LogP) is 23.4. The molecule has 0 aromatic carbocycles. The molecule has 0 saturated carbocycles. The molecule has 19 heteroatoms. The van der Waals surface area contributed by atoms with Crippen LogP contribution in [0.1, 0.15) is 310 Å². The van der Waals surface area contributed by atoms with E-state index in [4.69, 9.17) is 37.0 Å². The van der Waals surface area contributed by atoms with Crippen LogP contribution in [0.5, 0.6) is 0 Å². The van der Waals surface area contributed by atoms with Crippen LogP contribution < -0.4 is 0 Å². The topological polar surface area (TPSA) is 237 Å². The molecule has 0 radical (unpaired) electrons. The Labute approximate surface area is 630 Å². The first-order valence-electron chi connectivity index (χ1n) is 40.1. The molecule has 0 aromatic rings. The summed E-state index contributed by atoms with van der Waals surface area (Å²) in [6.45, 7) is 4.45. The van der Waals surface area contributed by atoms with Crippen molar-refractivity contribution >= 4 is 39.5 Å². The molecule has 0 bridgehead atoms. The number of hydrogen-bond donors (Lipinski definition) is 3. The van der Waals surface area contributed by atoms with E-state index < -0.39 is 97.5 Å². The lowest BCUT2D eigenvalue weighted by atomic mass is 10.0. The monoisotopic (exact) mass is 1500 g/mol. The SMILES string of the molecule is CC/C=C\C/C=C\C/C=C\C/C=C\C/C=C\CC(=O)OCC(COP(=O)(O)OCC(O)COP(=O)(O)OCC(COC(=O)CCCCCCCC/C=C\C/C=C\C/C=C\CCCCC)OC(=O)CCCC/C=C\C/C=C\C/C=C\C/C=C\CC)OC(=O)CCCCCCCCCCCCCCCCC. The average Bonchev–Trinajstić information content (AvgIpc) is 0.912. The third-order valence-electron chi connectivity index (χ3n) is 16.3. The average molecular weight is 1500 g/mol. The Hall–Kier alpha value is -5.06. The number of esters is 4. The number of rotatable bonds is 74. The van der Waals surface area contributed by atoms with Gasteiger partial charge in [-0.15, -0.1) is 0 Å². The van der Waals surface area contributed by atoms with Crippen LogP contribution in [-0.2, 0) is 65.4 Å². The van der Waals surface area contributed by atoms with E-state index in [1.165, 1.54) is 83.5 Å². The molecule has 594 valence electrons. The maximum absolute atomic E-state index is 13.1. The van der Waals surface area contributed by atoms with Gasteiger partial charge < -0.3 is 33.8 Å². The summed E-state index contributed by atoms with van der Waals surface area (Å²) in [4.78, 5) is 73.0. The summed E-state index contributed by atoms with van der Waals surface area (Å²) in [6.07, 6.45) is 87.2. The number of aliphatic hydroxyl groups excluding tert-OH is 1. The van der Waals surface area contributed by atoms with Crippen molar-refractivity contribution < 1.29 is 80.2 Å². The highest BCUT2D eigenvalue weighted by Gasteiger charge is 2.30. The molecule has 0 heterocycles. The van der Waals surface area contributed by atoms with E-state index in [1.807, 2.05) is 18.2 Å². The molecular formula is C85H142O17P2. The van der Waals surface area contributed by atoms with Gasteiger partial charge in [0, 0.05) is 19.3 Å². The quantitative estimate of drug-likeness (QED) is 0.0169. The first-order chi connectivity index (χ1) is 50.7. The highest BCUT2D eigenvalue weighted by Crippen LogP contribution is 2.45. The number of ether oxygens (including phenoxy) is 4. The van der Waals surface area contributed by atoms with Gasteiger partial charge in [0.1, 0.15) is 19.3 Å². The van der Waals surface area contributed by atoms with Crippen molar-refractivity contribution in [1.82, 2.24) is 0 Å². The molecule has 0 fully saturated rings. The zero-order valence-corrected chi connectivity index (χ0v) is 66.7. The summed E-state index contributed by atoms with van der Waals surface area (Å²) in [5.41, 5.74) is 0. The summed E-state index contributed by atoms with van der Waals surface area (Å²) in [6, 6.07) is 0. The van der Waals surface area contributed by atoms with Crippen LogP contribution in [0.4, 0.5) is 0 Å². The van der Waals surface area contributed by atoms with Crippen molar-refractivity contribution in [3.8, 4) is 0 Å². The molecule has 0 aliphatic rings. The first-order valence-corrected chi connectivity index (χ1v) is 43.1. The molecule has 0 aliphatic heterocycles. The lowest BCUT2D eigenvalue weighted by molar-refractivity contribution is -0.161. The van der Waals surface area contributed by atoms with E-state index in [-0.39, 0.29) is 25.7 Å². The summed E-state index contributed by atoms with van der Waals surface area (Å²) in [7, 11) is -10.0. The molecule has 5 atom stereocenters. The van der Waals surface area contributed by atoms with Crippen molar-refractivity contribution in [3.05, 3.63) is 146 Å². The molecule has 17 nitrogen and oxygen atoms in total. The largest absolute Gasteiger partial charge is 0.472 e. The number of phosphoric acid groups is 2. The molecule has 104 heavy (non-hydrogen) atoms. The smallest absolute Gasteiger partial charge is 0.462 e. The van der Waals surface area contributed by atoms with E-state index >= 15 is 0 Å². The first kappa shape index (κ1) is 98.9. The van der Waals surface area contributed by atoms with Crippen molar-refractivity contribution in [2.45, 2.75) is 329 Å². The normalized spacial score (nSPS) is 14.6. The van der Waals surface area contributed by atoms with Gasteiger partial charge in [-0.05, 0) is 128 Å². The van der Waals surface area contributed by atoms with Crippen LogP contribution >= 0.6 is 15.6 Å². The maximum atomic E-state index is 13.1. The van der Waals surface area contributed by atoms with Crippen LogP contribution in [0.15, 0.2) is 146 Å². The molecule has 0 aliphatic carbocycles. The number of phosphoric ester groups is 2. The van der Waals surface area contributed by atoms with Crippen molar-refractivity contribution in [2.24, 2.45) is 0 Å². The van der Waals surface area contributed by atoms with Gasteiger partial charge in [-0.1, -0.05) is 302 Å². The van der Waals surface area contributed by atoms with E-state index in [0.29, 0.717) is 32.1 Å². The van der Waals surface area contributed by atoms with Crippen LogP contribution in [0.3, 0.4) is 0 Å². The van der Waals surface area contributed by atoms with Gasteiger partial charge in [-0.2, -0.15) is 0 Å². The van der Waals surface area contributed by atoms with Gasteiger partial charge in [0.15, 0.2) is 12.2 Å². The number of aliphatic hydroxyl groups is 1. The highest BCUT2D eigenvalue weighted by atomic mass is 31.2. The third-order valence-corrected chi connectivity index (χ3v) is 18.2. The fourth-order valence-corrected chi connectivity index (χ4v) is 11.9. The molecule has 5 unspecified atom stereocenters. The Balaban J connectivity index is 5.46. The fourth-order valence-electron chi connectivity index (χ4n) is 10.3. The van der Waals surface area contributed by atoms with Crippen LogP contribution in [0.25, 0.3) is 0 Å². The van der Waals surface area contributed by atoms with E-state index in [1.54, 1.807) is 6.08 Å². The number of unbranched alkanes of at least 4 members (excludes halogenated alkanes) is 25. The predicted molar refractivity (Wildman–Crippen MR) is 427 cm³/mol. The highest BCUT2D eigenvalue weighted by molar-refractivity contribution is 7.47. The number of allylic oxidation sites excluding steroid dienone is 23. The molecule has 0 saturated heterocycles.